The molecule has 0 fully saturated rings. The second-order valence-electron chi connectivity index (χ2n) is 2.47. The van der Waals surface area contributed by atoms with Gasteiger partial charge in [0.1, 0.15) is 11.4 Å². The molecular formula is C8H10N2O2. The van der Waals surface area contributed by atoms with Crippen LogP contribution in [0.25, 0.3) is 0 Å². The molecular weight excluding hydrogens is 156 g/mol. The van der Waals surface area contributed by atoms with E-state index in [0.717, 1.165) is 5.56 Å². The van der Waals surface area contributed by atoms with Crippen molar-refractivity contribution in [1.29, 1.82) is 0 Å². The molecule has 0 amide bonds. The van der Waals surface area contributed by atoms with Gasteiger partial charge in [0.2, 0.25) is 0 Å². The number of nitrogens with zero attached hydrogens (tertiary/aromatic N) is 1. The number of nitrogens with two attached hydrogens (primary N) is 1. The number of benzene rings is 1. The average Bonchev–Trinajstić information content (AvgIpc) is 2.05. The van der Waals surface area contributed by atoms with Crippen LogP contribution in [0, 0.1) is 11.8 Å². The highest BCUT2D eigenvalue weighted by atomic mass is 16.5. The maximum atomic E-state index is 10.2. The van der Waals surface area contributed by atoms with Crippen LogP contribution < -0.4 is 10.5 Å². The number of aryl methyl sites for hydroxylation is 1. The van der Waals surface area contributed by atoms with Gasteiger partial charge in [-0.25, -0.2) is 0 Å². The fraction of sp³-hybridized carbons (Fsp3) is 0.250. The molecule has 0 heterocycles. The summed E-state index contributed by atoms with van der Waals surface area (Å²) in [5, 5.41) is 2.76. The number of anilines is 1. The molecule has 0 saturated heterocycles. The van der Waals surface area contributed by atoms with Crippen LogP contribution in [0.5, 0.6) is 5.75 Å². The van der Waals surface area contributed by atoms with Crippen molar-refractivity contribution in [3.63, 3.8) is 0 Å². The second kappa shape index (κ2) is 3.21. The van der Waals surface area contributed by atoms with E-state index in [1.54, 1.807) is 6.07 Å². The van der Waals surface area contributed by atoms with E-state index < -0.39 is 0 Å². The van der Waals surface area contributed by atoms with Gasteiger partial charge in [0, 0.05) is 6.07 Å². The molecule has 0 aromatic heterocycles. The van der Waals surface area contributed by atoms with Gasteiger partial charge in [-0.15, -0.1) is 4.91 Å². The predicted molar refractivity (Wildman–Crippen MR) is 47.6 cm³/mol. The fourth-order valence-electron chi connectivity index (χ4n) is 0.999. The van der Waals surface area contributed by atoms with E-state index in [9.17, 15) is 4.91 Å². The molecule has 2 N–H and O–H groups in total. The summed E-state index contributed by atoms with van der Waals surface area (Å²) in [7, 11) is 1.53. The zero-order chi connectivity index (χ0) is 9.14. The Bertz CT molecular complexity index is 310. The lowest BCUT2D eigenvalue weighted by Crippen LogP contribution is -1.91. The van der Waals surface area contributed by atoms with Gasteiger partial charge in [-0.3, -0.25) is 0 Å². The van der Waals surface area contributed by atoms with Crippen LogP contribution in [0.15, 0.2) is 17.3 Å². The lowest BCUT2D eigenvalue weighted by molar-refractivity contribution is 0.412. The minimum Gasteiger partial charge on any atom is -0.496 e. The topological polar surface area (TPSA) is 64.7 Å². The summed E-state index contributed by atoms with van der Waals surface area (Å²) in [4.78, 5) is 10.2. The zero-order valence-corrected chi connectivity index (χ0v) is 7.00. The summed E-state index contributed by atoms with van der Waals surface area (Å²) in [6.07, 6.45) is 0. The summed E-state index contributed by atoms with van der Waals surface area (Å²) in [5.41, 5.74) is 7.00. The maximum Gasteiger partial charge on any atom is 0.134 e. The molecule has 0 atom stereocenters. The number of methoxy groups -OCH3 is 1. The maximum absolute atomic E-state index is 10.2. The fourth-order valence-corrected chi connectivity index (χ4v) is 0.999. The van der Waals surface area contributed by atoms with Crippen LogP contribution in [0.3, 0.4) is 0 Å². The van der Waals surface area contributed by atoms with Crippen molar-refractivity contribution in [2.45, 2.75) is 6.92 Å². The molecule has 0 radical (unpaired) electrons. The summed E-state index contributed by atoms with van der Waals surface area (Å²) in [5.74, 6) is 0.624. The number of ether oxygens (including phenoxy) is 1. The van der Waals surface area contributed by atoms with Crippen molar-refractivity contribution in [3.8, 4) is 5.75 Å². The minimum absolute atomic E-state index is 0.220. The van der Waals surface area contributed by atoms with Crippen molar-refractivity contribution >= 4 is 11.4 Å². The van der Waals surface area contributed by atoms with Gasteiger partial charge >= 0.3 is 0 Å². The Hall–Kier alpha value is -1.58. The van der Waals surface area contributed by atoms with Gasteiger partial charge in [0.25, 0.3) is 0 Å². The highest BCUT2D eigenvalue weighted by Gasteiger charge is 2.04. The number of hydrogen-bond acceptors (Lipinski definition) is 4. The second-order valence-corrected chi connectivity index (χ2v) is 2.47. The lowest BCUT2D eigenvalue weighted by atomic mass is 10.2. The summed E-state index contributed by atoms with van der Waals surface area (Å²) in [6.45, 7) is 1.85. The van der Waals surface area contributed by atoms with Crippen LogP contribution in [0.2, 0.25) is 0 Å². The van der Waals surface area contributed by atoms with Crippen molar-refractivity contribution in [2.75, 3.05) is 12.8 Å². The predicted octanol–water partition coefficient (Wildman–Crippen LogP) is 1.98. The molecule has 64 valence electrons. The Morgan fingerprint density at radius 3 is 2.67 bits per heavy atom. The molecule has 0 aliphatic rings. The number of nitroso groups, excluding NO2 is 1. The Balaban J connectivity index is 3.26. The molecule has 12 heavy (non-hydrogen) atoms. The van der Waals surface area contributed by atoms with Gasteiger partial charge < -0.3 is 10.5 Å². The van der Waals surface area contributed by atoms with E-state index in [4.69, 9.17) is 10.5 Å². The van der Waals surface area contributed by atoms with Crippen molar-refractivity contribution in [1.82, 2.24) is 0 Å². The third-order valence-corrected chi connectivity index (χ3v) is 1.64. The molecule has 0 bridgehead atoms. The molecule has 4 heteroatoms. The average molecular weight is 166 g/mol. The summed E-state index contributed by atoms with van der Waals surface area (Å²) >= 11 is 0. The van der Waals surface area contributed by atoms with Crippen LogP contribution in [0.4, 0.5) is 11.4 Å². The lowest BCUT2D eigenvalue weighted by Gasteiger charge is -2.05. The molecule has 1 aromatic rings. The van der Waals surface area contributed by atoms with Gasteiger partial charge in [0.15, 0.2) is 0 Å². The first-order valence-corrected chi connectivity index (χ1v) is 3.46. The van der Waals surface area contributed by atoms with Gasteiger partial charge in [-0.1, -0.05) is 0 Å². The monoisotopic (exact) mass is 166 g/mol. The summed E-state index contributed by atoms with van der Waals surface area (Å²) < 4.78 is 4.99. The molecule has 4 nitrogen and oxygen atoms in total. The van der Waals surface area contributed by atoms with Crippen molar-refractivity contribution in [3.05, 3.63) is 22.6 Å². The number of hydrogen-bond donors (Lipinski definition) is 1. The molecule has 0 spiro atoms. The molecule has 0 unspecified atom stereocenters. The Kier molecular flexibility index (Phi) is 2.28. The van der Waals surface area contributed by atoms with E-state index in [1.165, 1.54) is 13.2 Å². The Morgan fingerprint density at radius 1 is 1.50 bits per heavy atom. The third kappa shape index (κ3) is 1.37. The number of rotatable bonds is 2. The van der Waals surface area contributed by atoms with Crippen molar-refractivity contribution in [2.24, 2.45) is 5.18 Å². The van der Waals surface area contributed by atoms with E-state index in [0.29, 0.717) is 11.4 Å². The minimum atomic E-state index is 0.220. The molecule has 1 rings (SSSR count). The molecule has 0 saturated carbocycles. The first-order chi connectivity index (χ1) is 5.69. The van der Waals surface area contributed by atoms with Gasteiger partial charge in [-0.2, -0.15) is 0 Å². The van der Waals surface area contributed by atoms with Crippen LogP contribution in [-0.2, 0) is 0 Å². The smallest absolute Gasteiger partial charge is 0.134 e. The number of nitrogen functional groups attached to an aromatic ring is 1. The first kappa shape index (κ1) is 8.52. The van der Waals surface area contributed by atoms with Gasteiger partial charge in [0.05, 0.1) is 12.8 Å². The van der Waals surface area contributed by atoms with Crippen LogP contribution >= 0.6 is 0 Å². The summed E-state index contributed by atoms with van der Waals surface area (Å²) in [6, 6.07) is 3.19. The van der Waals surface area contributed by atoms with Crippen LogP contribution in [-0.4, -0.2) is 7.11 Å². The van der Waals surface area contributed by atoms with E-state index in [-0.39, 0.29) is 5.69 Å². The largest absolute Gasteiger partial charge is 0.496 e. The quantitative estimate of drug-likeness (QED) is 0.539. The third-order valence-electron chi connectivity index (χ3n) is 1.64. The molecule has 1 aromatic carbocycles. The highest BCUT2D eigenvalue weighted by molar-refractivity contribution is 5.66. The zero-order valence-electron chi connectivity index (χ0n) is 7.00. The normalized spacial score (nSPS) is 9.50. The molecule has 0 aliphatic carbocycles. The van der Waals surface area contributed by atoms with E-state index in [1.807, 2.05) is 6.92 Å². The van der Waals surface area contributed by atoms with E-state index >= 15 is 0 Å². The first-order valence-electron chi connectivity index (χ1n) is 3.46. The van der Waals surface area contributed by atoms with Crippen molar-refractivity contribution < 1.29 is 4.74 Å². The Morgan fingerprint density at radius 2 is 2.17 bits per heavy atom. The standard InChI is InChI=1S/C8H10N2O2/c1-5-3-6(9)7(10-11)4-8(5)12-2/h3-4H,9H2,1-2H3. The Labute approximate surface area is 70.3 Å². The molecule has 0 aliphatic heterocycles. The van der Waals surface area contributed by atoms with Gasteiger partial charge in [-0.05, 0) is 23.7 Å². The van der Waals surface area contributed by atoms with Crippen LogP contribution in [0.1, 0.15) is 5.56 Å². The SMILES string of the molecule is COc1cc(N=O)c(N)cc1C. The van der Waals surface area contributed by atoms with E-state index in [2.05, 4.69) is 5.18 Å². The highest BCUT2D eigenvalue weighted by Crippen LogP contribution is 2.30.